The van der Waals surface area contributed by atoms with E-state index < -0.39 is 33.9 Å². The van der Waals surface area contributed by atoms with Crippen molar-refractivity contribution in [2.45, 2.75) is 108 Å². The maximum atomic E-state index is 14.1. The Morgan fingerprint density at radius 3 is 2.54 bits per heavy atom. The van der Waals surface area contributed by atoms with E-state index >= 15 is 0 Å². The van der Waals surface area contributed by atoms with Crippen molar-refractivity contribution >= 4 is 11.6 Å². The van der Waals surface area contributed by atoms with Crippen molar-refractivity contribution in [3.63, 3.8) is 0 Å². The first-order valence-electron chi connectivity index (χ1n) is 13.5. The van der Waals surface area contributed by atoms with E-state index in [-0.39, 0.29) is 59.5 Å². The summed E-state index contributed by atoms with van der Waals surface area (Å²) in [5.74, 6) is 0.335. The number of aliphatic hydroxyl groups excluding tert-OH is 1. The minimum absolute atomic E-state index is 0.0696. The van der Waals surface area contributed by atoms with Gasteiger partial charge in [-0.25, -0.2) is 0 Å². The number of epoxide rings is 2. The monoisotopic (exact) mass is 486 g/mol. The number of hydrogen-bond donors (Lipinski definition) is 2. The third-order valence-corrected chi connectivity index (χ3v) is 12.5. The Balaban J connectivity index is 1.21. The minimum atomic E-state index is -1.23. The maximum Gasteiger partial charge on any atom is 0.186 e. The Kier molecular flexibility index (Phi) is 4.26. The molecule has 6 fully saturated rings. The van der Waals surface area contributed by atoms with Crippen LogP contribution in [0.2, 0.25) is 0 Å². The Labute approximate surface area is 206 Å². The first-order valence-corrected chi connectivity index (χ1v) is 13.5. The van der Waals surface area contributed by atoms with Gasteiger partial charge in [0.2, 0.25) is 0 Å². The zero-order valence-electron chi connectivity index (χ0n) is 21.3. The molecule has 35 heavy (non-hydrogen) atoms. The van der Waals surface area contributed by atoms with Gasteiger partial charge in [-0.05, 0) is 75.7 Å². The Morgan fingerprint density at radius 1 is 1.09 bits per heavy atom. The third kappa shape index (κ3) is 2.42. The van der Waals surface area contributed by atoms with Gasteiger partial charge in [-0.1, -0.05) is 19.9 Å². The highest BCUT2D eigenvalue weighted by Gasteiger charge is 2.79. The summed E-state index contributed by atoms with van der Waals surface area (Å²) < 4.78 is 18.2. The van der Waals surface area contributed by atoms with Crippen LogP contribution in [0.1, 0.15) is 66.7 Å². The molecule has 7 aliphatic rings. The van der Waals surface area contributed by atoms with Crippen LogP contribution < -0.4 is 0 Å². The Morgan fingerprint density at radius 2 is 1.83 bits per heavy atom. The van der Waals surface area contributed by atoms with Gasteiger partial charge in [-0.2, -0.15) is 0 Å². The molecular formula is C28H38O7. The number of allylic oxidation sites excluding steroid dienone is 1. The average Bonchev–Trinajstić information content (AvgIpc) is 3.66. The molecule has 3 heterocycles. The van der Waals surface area contributed by atoms with Crippen LogP contribution in [0.25, 0.3) is 0 Å². The van der Waals surface area contributed by atoms with Gasteiger partial charge in [0.15, 0.2) is 12.1 Å². The molecule has 7 heteroatoms. The number of hydrogen-bond acceptors (Lipinski definition) is 7. The largest absolute Gasteiger partial charge is 0.386 e. The van der Waals surface area contributed by atoms with Crippen LogP contribution in [0, 0.1) is 40.4 Å². The number of carbonyl (C=O) groups excluding carboxylic acids is 2. The van der Waals surface area contributed by atoms with E-state index in [2.05, 4.69) is 13.8 Å². The number of rotatable bonds is 2. The second-order valence-electron chi connectivity index (χ2n) is 13.5. The van der Waals surface area contributed by atoms with E-state index in [4.69, 9.17) is 14.2 Å². The molecule has 0 spiro atoms. The van der Waals surface area contributed by atoms with Crippen molar-refractivity contribution in [1.82, 2.24) is 0 Å². The molecule has 0 amide bonds. The van der Waals surface area contributed by atoms with E-state index in [1.165, 1.54) is 0 Å². The standard InChI is InChI=1S/C28H38O7/c1-13(17-12-24(2)27(5,35-24)23(31)33-17)14-8-9-15-20-16(11-19(30)25(14,15)3)26(4)18(29)7-6-10-28(26,32)22-21(20)34-22/h6-7,13-17,20-23,31-32H,8-12H2,1-5H3/t13-,14-,15+,16+,17+,20+,21+,22+,23-,24+,25-,26+,27-,28+/m1/s1. The maximum absolute atomic E-state index is 14.1. The summed E-state index contributed by atoms with van der Waals surface area (Å²) in [4.78, 5) is 27.4. The molecule has 7 nitrogen and oxygen atoms in total. The molecule has 3 aliphatic heterocycles. The topological polar surface area (TPSA) is 109 Å². The fraction of sp³-hybridized carbons (Fsp3) is 0.857. The van der Waals surface area contributed by atoms with E-state index in [0.29, 0.717) is 19.3 Å². The van der Waals surface area contributed by atoms with Crippen LogP contribution in [0.5, 0.6) is 0 Å². The van der Waals surface area contributed by atoms with Crippen LogP contribution in [-0.4, -0.2) is 63.2 Å². The number of Topliss-reactive ketones (excluding diaryl/α,β-unsaturated/α-hetero) is 1. The van der Waals surface area contributed by atoms with Crippen LogP contribution in [0.4, 0.5) is 0 Å². The number of ether oxygens (including phenoxy) is 3. The number of fused-ring (bicyclic) bond motifs is 9. The highest BCUT2D eigenvalue weighted by atomic mass is 16.7. The van der Waals surface area contributed by atoms with Gasteiger partial charge in [-0.15, -0.1) is 0 Å². The average molecular weight is 487 g/mol. The molecule has 192 valence electrons. The molecule has 0 aromatic heterocycles. The van der Waals surface area contributed by atoms with E-state index in [1.54, 1.807) is 12.2 Å². The first-order chi connectivity index (χ1) is 16.3. The summed E-state index contributed by atoms with van der Waals surface area (Å²) in [6, 6.07) is 0. The molecule has 3 saturated heterocycles. The van der Waals surface area contributed by atoms with E-state index in [0.717, 1.165) is 12.8 Å². The Bertz CT molecular complexity index is 1060. The Hall–Kier alpha value is -1.12. The number of carbonyl (C=O) groups is 2. The second kappa shape index (κ2) is 6.47. The summed E-state index contributed by atoms with van der Waals surface area (Å²) >= 11 is 0. The molecular weight excluding hydrogens is 448 g/mol. The van der Waals surface area contributed by atoms with Crippen LogP contribution in [-0.2, 0) is 23.8 Å². The number of aliphatic hydroxyl groups is 2. The molecule has 2 N–H and O–H groups in total. The molecule has 0 aromatic rings. The SMILES string of the molecule is C[C@@H]([C@@H]1C[C@]2(C)O[C@]2(C)[C@H](O)O1)[C@H]1CC[C@H]2[C@@H]3[C@@H]4O[C@@H]4[C@@]4(O)CC=CC(=O)[C@]4(C)[C@H]3CC(=O)[C@]12C. The summed E-state index contributed by atoms with van der Waals surface area (Å²) in [5, 5.41) is 22.4. The van der Waals surface area contributed by atoms with Crippen molar-refractivity contribution in [3.05, 3.63) is 12.2 Å². The van der Waals surface area contributed by atoms with Crippen molar-refractivity contribution in [2.75, 3.05) is 0 Å². The van der Waals surface area contributed by atoms with Crippen LogP contribution in [0.3, 0.4) is 0 Å². The van der Waals surface area contributed by atoms with Crippen molar-refractivity contribution in [3.8, 4) is 0 Å². The fourth-order valence-electron chi connectivity index (χ4n) is 9.89. The van der Waals surface area contributed by atoms with Gasteiger partial charge in [0.25, 0.3) is 0 Å². The molecule has 0 unspecified atom stereocenters. The quantitative estimate of drug-likeness (QED) is 0.578. The lowest BCUT2D eigenvalue weighted by Crippen LogP contribution is -2.68. The first kappa shape index (κ1) is 23.0. The summed E-state index contributed by atoms with van der Waals surface area (Å²) in [7, 11) is 0. The number of ketones is 2. The summed E-state index contributed by atoms with van der Waals surface area (Å²) in [6.07, 6.45) is 5.03. The fourth-order valence-corrected chi connectivity index (χ4v) is 9.89. The highest BCUT2D eigenvalue weighted by molar-refractivity contribution is 5.98. The van der Waals surface area contributed by atoms with Gasteiger partial charge in [0, 0.05) is 18.3 Å². The van der Waals surface area contributed by atoms with Gasteiger partial charge in [0.1, 0.15) is 28.7 Å². The predicted molar refractivity (Wildman–Crippen MR) is 124 cm³/mol. The smallest absolute Gasteiger partial charge is 0.186 e. The van der Waals surface area contributed by atoms with Crippen molar-refractivity contribution in [2.24, 2.45) is 40.4 Å². The summed E-state index contributed by atoms with van der Waals surface area (Å²) in [6.45, 7) is 10.1. The van der Waals surface area contributed by atoms with Crippen LogP contribution in [0.15, 0.2) is 12.2 Å². The molecule has 7 rings (SSSR count). The van der Waals surface area contributed by atoms with Gasteiger partial charge in [-0.3, -0.25) is 9.59 Å². The van der Waals surface area contributed by atoms with E-state index in [1.807, 2.05) is 20.8 Å². The minimum Gasteiger partial charge on any atom is -0.386 e. The molecule has 4 aliphatic carbocycles. The molecule has 3 saturated carbocycles. The predicted octanol–water partition coefficient (Wildman–Crippen LogP) is 2.56. The highest BCUT2D eigenvalue weighted by Crippen LogP contribution is 2.71. The van der Waals surface area contributed by atoms with E-state index in [9.17, 15) is 19.8 Å². The third-order valence-electron chi connectivity index (χ3n) is 12.5. The lowest BCUT2D eigenvalue weighted by molar-refractivity contribution is -0.205. The van der Waals surface area contributed by atoms with Crippen molar-refractivity contribution < 1.29 is 34.0 Å². The lowest BCUT2D eigenvalue weighted by atomic mass is 9.43. The van der Waals surface area contributed by atoms with Gasteiger partial charge in [0.05, 0.1) is 17.6 Å². The van der Waals surface area contributed by atoms with Gasteiger partial charge >= 0.3 is 0 Å². The normalized spacial score (nSPS) is 62.8. The molecule has 14 atom stereocenters. The van der Waals surface area contributed by atoms with Crippen molar-refractivity contribution in [1.29, 1.82) is 0 Å². The summed E-state index contributed by atoms with van der Waals surface area (Å²) in [5.41, 5.74) is -3.80. The molecule has 0 bridgehead atoms. The lowest BCUT2D eigenvalue weighted by Gasteiger charge is -2.59. The van der Waals surface area contributed by atoms with Crippen LogP contribution >= 0.6 is 0 Å². The molecule has 0 aromatic carbocycles. The van der Waals surface area contributed by atoms with Gasteiger partial charge < -0.3 is 24.4 Å². The molecule has 0 radical (unpaired) electrons. The zero-order chi connectivity index (χ0) is 24.9. The second-order valence-corrected chi connectivity index (χ2v) is 13.5. The zero-order valence-corrected chi connectivity index (χ0v) is 21.3.